The van der Waals surface area contributed by atoms with Crippen molar-refractivity contribution in [1.82, 2.24) is 14.8 Å². The van der Waals surface area contributed by atoms with Gasteiger partial charge in [0, 0.05) is 12.6 Å². The molecular formula is C11H19N3O3S. The second-order valence-electron chi connectivity index (χ2n) is 4.91. The van der Waals surface area contributed by atoms with Gasteiger partial charge in [-0.1, -0.05) is 11.8 Å². The molecule has 0 aliphatic heterocycles. The summed E-state index contributed by atoms with van der Waals surface area (Å²) in [5.41, 5.74) is -0.230. The maximum atomic E-state index is 10.6. The van der Waals surface area contributed by atoms with Crippen LogP contribution in [-0.4, -0.2) is 38.7 Å². The highest BCUT2D eigenvalue weighted by Gasteiger charge is 2.26. The van der Waals surface area contributed by atoms with E-state index in [1.165, 1.54) is 11.8 Å². The molecule has 0 bridgehead atoms. The van der Waals surface area contributed by atoms with Gasteiger partial charge >= 0.3 is 5.97 Å². The van der Waals surface area contributed by atoms with E-state index in [-0.39, 0.29) is 17.4 Å². The SMILES string of the molecule is COC(C)c1nnc(SCC(=O)O)n1C(C)(C)C. The molecule has 1 unspecified atom stereocenters. The summed E-state index contributed by atoms with van der Waals surface area (Å²) >= 11 is 1.17. The van der Waals surface area contributed by atoms with E-state index in [2.05, 4.69) is 10.2 Å². The van der Waals surface area contributed by atoms with Crippen LogP contribution in [-0.2, 0) is 15.1 Å². The zero-order valence-corrected chi connectivity index (χ0v) is 12.1. The lowest BCUT2D eigenvalue weighted by atomic mass is 10.1. The van der Waals surface area contributed by atoms with Crippen molar-refractivity contribution in [2.75, 3.05) is 12.9 Å². The number of carbonyl (C=O) groups is 1. The molecule has 1 aromatic heterocycles. The quantitative estimate of drug-likeness (QED) is 0.826. The van der Waals surface area contributed by atoms with Crippen LogP contribution in [0.1, 0.15) is 39.6 Å². The minimum Gasteiger partial charge on any atom is -0.481 e. The smallest absolute Gasteiger partial charge is 0.313 e. The van der Waals surface area contributed by atoms with E-state index in [1.54, 1.807) is 7.11 Å². The van der Waals surface area contributed by atoms with Gasteiger partial charge in [-0.15, -0.1) is 10.2 Å². The van der Waals surface area contributed by atoms with Crippen LogP contribution in [0.15, 0.2) is 5.16 Å². The van der Waals surface area contributed by atoms with E-state index in [0.29, 0.717) is 11.0 Å². The Bertz CT molecular complexity index is 426. The molecule has 0 aliphatic carbocycles. The fourth-order valence-electron chi connectivity index (χ4n) is 1.50. The maximum absolute atomic E-state index is 10.6. The Labute approximate surface area is 111 Å². The number of hydrogen-bond acceptors (Lipinski definition) is 5. The van der Waals surface area contributed by atoms with Gasteiger partial charge in [0.05, 0.1) is 5.75 Å². The molecule has 0 saturated heterocycles. The highest BCUT2D eigenvalue weighted by molar-refractivity contribution is 7.99. The van der Waals surface area contributed by atoms with Gasteiger partial charge in [-0.3, -0.25) is 9.36 Å². The molecule has 0 amide bonds. The Balaban J connectivity index is 3.12. The molecule has 0 saturated carbocycles. The van der Waals surface area contributed by atoms with Crippen LogP contribution in [0.5, 0.6) is 0 Å². The number of carboxylic acid groups (broad SMARTS) is 1. The molecule has 0 spiro atoms. The second-order valence-corrected chi connectivity index (χ2v) is 5.85. The maximum Gasteiger partial charge on any atom is 0.313 e. The number of carboxylic acids is 1. The van der Waals surface area contributed by atoms with Crippen molar-refractivity contribution in [1.29, 1.82) is 0 Å². The molecule has 0 radical (unpaired) electrons. The molecule has 0 fully saturated rings. The Kier molecular flexibility index (Phi) is 4.75. The summed E-state index contributed by atoms with van der Waals surface area (Å²) in [4.78, 5) is 10.6. The van der Waals surface area contributed by atoms with Crippen LogP contribution in [0.3, 0.4) is 0 Å². The predicted molar refractivity (Wildman–Crippen MR) is 68.8 cm³/mol. The van der Waals surface area contributed by atoms with Gasteiger partial charge in [0.2, 0.25) is 0 Å². The molecule has 18 heavy (non-hydrogen) atoms. The molecule has 0 aliphatic rings. The summed E-state index contributed by atoms with van der Waals surface area (Å²) in [5, 5.41) is 17.5. The summed E-state index contributed by atoms with van der Waals surface area (Å²) < 4.78 is 7.19. The lowest BCUT2D eigenvalue weighted by molar-refractivity contribution is -0.133. The number of hydrogen-bond donors (Lipinski definition) is 1. The summed E-state index contributed by atoms with van der Waals surface area (Å²) in [6.45, 7) is 7.95. The molecular weight excluding hydrogens is 254 g/mol. The fourth-order valence-corrected chi connectivity index (χ4v) is 2.35. The molecule has 1 atom stereocenters. The molecule has 6 nitrogen and oxygen atoms in total. The summed E-state index contributed by atoms with van der Waals surface area (Å²) in [6.07, 6.45) is -0.184. The zero-order valence-electron chi connectivity index (χ0n) is 11.3. The van der Waals surface area contributed by atoms with Crippen molar-refractivity contribution < 1.29 is 14.6 Å². The van der Waals surface area contributed by atoms with Gasteiger partial charge in [-0.2, -0.15) is 0 Å². The first-order valence-electron chi connectivity index (χ1n) is 5.60. The minimum atomic E-state index is -0.871. The molecule has 1 N–H and O–H groups in total. The third-order valence-electron chi connectivity index (χ3n) is 2.37. The van der Waals surface area contributed by atoms with Crippen LogP contribution in [0, 0.1) is 0 Å². The number of aliphatic carboxylic acids is 1. The number of aromatic nitrogens is 3. The lowest BCUT2D eigenvalue weighted by Crippen LogP contribution is -2.26. The highest BCUT2D eigenvalue weighted by atomic mass is 32.2. The van der Waals surface area contributed by atoms with Gasteiger partial charge in [0.25, 0.3) is 0 Å². The summed E-state index contributed by atoms with van der Waals surface area (Å²) in [5.74, 6) is -0.196. The van der Waals surface area contributed by atoms with Gasteiger partial charge in [0.1, 0.15) is 6.10 Å². The predicted octanol–water partition coefficient (Wildman–Crippen LogP) is 1.92. The van der Waals surface area contributed by atoms with Crippen molar-refractivity contribution in [2.24, 2.45) is 0 Å². The van der Waals surface area contributed by atoms with Crippen molar-refractivity contribution >= 4 is 17.7 Å². The van der Waals surface area contributed by atoms with E-state index in [1.807, 2.05) is 32.3 Å². The van der Waals surface area contributed by atoms with Crippen LogP contribution >= 0.6 is 11.8 Å². The number of ether oxygens (including phenoxy) is 1. The summed E-state index contributed by atoms with van der Waals surface area (Å²) in [7, 11) is 1.61. The van der Waals surface area contributed by atoms with Gasteiger partial charge in [-0.25, -0.2) is 0 Å². The number of nitrogens with zero attached hydrogens (tertiary/aromatic N) is 3. The lowest BCUT2D eigenvalue weighted by Gasteiger charge is -2.26. The van der Waals surface area contributed by atoms with E-state index in [4.69, 9.17) is 9.84 Å². The third kappa shape index (κ3) is 3.46. The molecule has 0 aromatic carbocycles. The van der Waals surface area contributed by atoms with E-state index >= 15 is 0 Å². The minimum absolute atomic E-state index is 0.0322. The number of thioether (sulfide) groups is 1. The van der Waals surface area contributed by atoms with Crippen LogP contribution in [0.2, 0.25) is 0 Å². The molecule has 1 heterocycles. The Hall–Kier alpha value is -1.08. The molecule has 7 heteroatoms. The fraction of sp³-hybridized carbons (Fsp3) is 0.727. The first-order valence-corrected chi connectivity index (χ1v) is 6.59. The van der Waals surface area contributed by atoms with Crippen molar-refractivity contribution in [3.05, 3.63) is 5.82 Å². The first kappa shape index (κ1) is 15.0. The zero-order chi connectivity index (χ0) is 13.9. The summed E-state index contributed by atoms with van der Waals surface area (Å²) in [6, 6.07) is 0. The monoisotopic (exact) mass is 273 g/mol. The Morgan fingerprint density at radius 3 is 2.56 bits per heavy atom. The normalized spacial score (nSPS) is 13.6. The van der Waals surface area contributed by atoms with Crippen LogP contribution in [0.25, 0.3) is 0 Å². The van der Waals surface area contributed by atoms with E-state index in [9.17, 15) is 4.79 Å². The first-order chi connectivity index (χ1) is 8.27. The molecule has 1 aromatic rings. The van der Waals surface area contributed by atoms with Gasteiger partial charge < -0.3 is 9.84 Å². The van der Waals surface area contributed by atoms with Crippen molar-refractivity contribution in [3.8, 4) is 0 Å². The topological polar surface area (TPSA) is 77.2 Å². The van der Waals surface area contributed by atoms with Crippen molar-refractivity contribution in [3.63, 3.8) is 0 Å². The number of rotatable bonds is 5. The Morgan fingerprint density at radius 2 is 2.11 bits per heavy atom. The van der Waals surface area contributed by atoms with Gasteiger partial charge in [0.15, 0.2) is 11.0 Å². The average Bonchev–Trinajstić information content (AvgIpc) is 2.68. The van der Waals surface area contributed by atoms with Crippen LogP contribution in [0.4, 0.5) is 0 Å². The Morgan fingerprint density at radius 1 is 1.50 bits per heavy atom. The molecule has 1 rings (SSSR count). The third-order valence-corrected chi connectivity index (χ3v) is 3.28. The van der Waals surface area contributed by atoms with Crippen molar-refractivity contribution in [2.45, 2.75) is 44.5 Å². The highest BCUT2D eigenvalue weighted by Crippen LogP contribution is 2.28. The largest absolute Gasteiger partial charge is 0.481 e. The van der Waals surface area contributed by atoms with E-state index < -0.39 is 5.97 Å². The average molecular weight is 273 g/mol. The van der Waals surface area contributed by atoms with Gasteiger partial charge in [-0.05, 0) is 27.7 Å². The standard InChI is InChI=1S/C11H19N3O3S/c1-7(17-5)9-12-13-10(18-6-8(15)16)14(9)11(2,3)4/h7H,6H2,1-5H3,(H,15,16). The second kappa shape index (κ2) is 5.71. The van der Waals surface area contributed by atoms with Crippen LogP contribution < -0.4 is 0 Å². The molecule has 102 valence electrons. The number of methoxy groups -OCH3 is 1. The van der Waals surface area contributed by atoms with E-state index in [0.717, 1.165) is 0 Å².